The summed E-state index contributed by atoms with van der Waals surface area (Å²) in [6.45, 7) is 3.05. The molecule has 2 aromatic carbocycles. The first-order valence-corrected chi connectivity index (χ1v) is 7.29. The summed E-state index contributed by atoms with van der Waals surface area (Å²) in [5.41, 5.74) is 2.46. The van der Waals surface area contributed by atoms with Crippen molar-refractivity contribution in [3.8, 4) is 0 Å². The maximum absolute atomic E-state index is 5.94. The van der Waals surface area contributed by atoms with E-state index < -0.39 is 0 Å². The fourth-order valence-corrected chi connectivity index (χ4v) is 2.76. The fraction of sp³-hybridized carbons (Fsp3) is 0.200. The Labute approximate surface area is 118 Å². The van der Waals surface area contributed by atoms with Crippen molar-refractivity contribution in [2.24, 2.45) is 0 Å². The first kappa shape index (κ1) is 13.3. The molecule has 0 saturated carbocycles. The van der Waals surface area contributed by atoms with E-state index in [2.05, 4.69) is 42.6 Å². The molecule has 0 aliphatic heterocycles. The lowest BCUT2D eigenvalue weighted by molar-refractivity contribution is 1.22. The van der Waals surface area contributed by atoms with Crippen LogP contribution in [0.2, 0.25) is 5.02 Å². The SMILES string of the molecule is Cc1cccc(NCCSc2cccc(Cl)c2)c1. The van der Waals surface area contributed by atoms with Crippen molar-refractivity contribution < 1.29 is 0 Å². The van der Waals surface area contributed by atoms with Crippen LogP contribution >= 0.6 is 23.4 Å². The van der Waals surface area contributed by atoms with Gasteiger partial charge in [0.25, 0.3) is 0 Å². The van der Waals surface area contributed by atoms with Gasteiger partial charge in [-0.1, -0.05) is 29.8 Å². The van der Waals surface area contributed by atoms with Crippen molar-refractivity contribution in [2.75, 3.05) is 17.6 Å². The van der Waals surface area contributed by atoms with Gasteiger partial charge in [-0.25, -0.2) is 0 Å². The standard InChI is InChI=1S/C15H16ClNS/c1-12-4-2-6-14(10-12)17-8-9-18-15-7-3-5-13(16)11-15/h2-7,10-11,17H,8-9H2,1H3. The Kier molecular flexibility index (Phi) is 4.97. The molecular formula is C15H16ClNS. The molecule has 0 amide bonds. The van der Waals surface area contributed by atoms with Crippen LogP contribution in [0.25, 0.3) is 0 Å². The topological polar surface area (TPSA) is 12.0 Å². The van der Waals surface area contributed by atoms with Crippen molar-refractivity contribution in [3.63, 3.8) is 0 Å². The van der Waals surface area contributed by atoms with Gasteiger partial charge >= 0.3 is 0 Å². The molecule has 0 aromatic heterocycles. The number of thioether (sulfide) groups is 1. The first-order valence-electron chi connectivity index (χ1n) is 5.93. The highest BCUT2D eigenvalue weighted by Crippen LogP contribution is 2.21. The lowest BCUT2D eigenvalue weighted by atomic mass is 10.2. The minimum atomic E-state index is 0.798. The molecule has 1 nitrogen and oxygen atoms in total. The van der Waals surface area contributed by atoms with Crippen LogP contribution in [0, 0.1) is 6.92 Å². The Bertz CT molecular complexity index is 466. The van der Waals surface area contributed by atoms with Gasteiger partial charge < -0.3 is 5.32 Å². The largest absolute Gasteiger partial charge is 0.384 e. The van der Waals surface area contributed by atoms with Crippen LogP contribution in [-0.4, -0.2) is 12.3 Å². The van der Waals surface area contributed by atoms with E-state index in [9.17, 15) is 0 Å². The highest BCUT2D eigenvalue weighted by Gasteiger charge is 1.96. The van der Waals surface area contributed by atoms with Gasteiger partial charge in [0.1, 0.15) is 0 Å². The minimum Gasteiger partial charge on any atom is -0.384 e. The molecule has 18 heavy (non-hydrogen) atoms. The molecule has 0 unspecified atom stereocenters. The minimum absolute atomic E-state index is 0.798. The summed E-state index contributed by atoms with van der Waals surface area (Å²) in [7, 11) is 0. The van der Waals surface area contributed by atoms with Crippen LogP contribution < -0.4 is 5.32 Å². The van der Waals surface area contributed by atoms with Crippen molar-refractivity contribution in [3.05, 3.63) is 59.1 Å². The molecule has 3 heteroatoms. The maximum Gasteiger partial charge on any atom is 0.0417 e. The van der Waals surface area contributed by atoms with Gasteiger partial charge in [0.15, 0.2) is 0 Å². The zero-order chi connectivity index (χ0) is 12.8. The maximum atomic E-state index is 5.94. The molecule has 0 aliphatic carbocycles. The summed E-state index contributed by atoms with van der Waals surface area (Å²) in [6.07, 6.45) is 0. The average Bonchev–Trinajstić information content (AvgIpc) is 2.35. The highest BCUT2D eigenvalue weighted by molar-refractivity contribution is 7.99. The van der Waals surface area contributed by atoms with Crippen LogP contribution in [0.3, 0.4) is 0 Å². The van der Waals surface area contributed by atoms with Crippen molar-refractivity contribution >= 4 is 29.1 Å². The summed E-state index contributed by atoms with van der Waals surface area (Å²) >= 11 is 7.75. The van der Waals surface area contributed by atoms with Crippen LogP contribution in [0.4, 0.5) is 5.69 Å². The number of halogens is 1. The smallest absolute Gasteiger partial charge is 0.0417 e. The molecule has 2 rings (SSSR count). The molecule has 2 aromatic rings. The van der Waals surface area contributed by atoms with Crippen molar-refractivity contribution in [2.45, 2.75) is 11.8 Å². The second kappa shape index (κ2) is 6.72. The van der Waals surface area contributed by atoms with E-state index >= 15 is 0 Å². The predicted molar refractivity (Wildman–Crippen MR) is 81.8 cm³/mol. The van der Waals surface area contributed by atoms with E-state index in [0.29, 0.717) is 0 Å². The lowest BCUT2D eigenvalue weighted by Gasteiger charge is -2.07. The molecule has 0 aliphatic rings. The third kappa shape index (κ3) is 4.28. The van der Waals surface area contributed by atoms with Gasteiger partial charge in [-0.3, -0.25) is 0 Å². The quantitative estimate of drug-likeness (QED) is 0.619. The van der Waals surface area contributed by atoms with Gasteiger partial charge in [0, 0.05) is 27.9 Å². The lowest BCUT2D eigenvalue weighted by Crippen LogP contribution is -2.03. The summed E-state index contributed by atoms with van der Waals surface area (Å²) in [5, 5.41) is 4.21. The predicted octanol–water partition coefficient (Wildman–Crippen LogP) is 4.85. The van der Waals surface area contributed by atoms with Crippen LogP contribution in [0.1, 0.15) is 5.56 Å². The van der Waals surface area contributed by atoms with Crippen molar-refractivity contribution in [1.82, 2.24) is 0 Å². The Morgan fingerprint density at radius 1 is 1.11 bits per heavy atom. The Hall–Kier alpha value is -1.12. The van der Waals surface area contributed by atoms with E-state index in [1.54, 1.807) is 0 Å². The average molecular weight is 278 g/mol. The normalized spacial score (nSPS) is 10.3. The molecule has 0 fully saturated rings. The molecule has 1 N–H and O–H groups in total. The van der Waals surface area contributed by atoms with Crippen molar-refractivity contribution in [1.29, 1.82) is 0 Å². The van der Waals surface area contributed by atoms with Gasteiger partial charge in [0.2, 0.25) is 0 Å². The second-order valence-corrected chi connectivity index (χ2v) is 5.71. The number of benzene rings is 2. The third-order valence-corrected chi connectivity index (χ3v) is 3.74. The van der Waals surface area contributed by atoms with E-state index in [4.69, 9.17) is 11.6 Å². The molecule has 0 bridgehead atoms. The van der Waals surface area contributed by atoms with Crippen LogP contribution in [0.5, 0.6) is 0 Å². The number of aryl methyl sites for hydroxylation is 1. The molecule has 0 saturated heterocycles. The number of rotatable bonds is 5. The van der Waals surface area contributed by atoms with Gasteiger partial charge in [-0.2, -0.15) is 0 Å². The number of anilines is 1. The van der Waals surface area contributed by atoms with E-state index in [0.717, 1.165) is 17.3 Å². The first-order chi connectivity index (χ1) is 8.74. The zero-order valence-corrected chi connectivity index (χ0v) is 11.9. The Morgan fingerprint density at radius 2 is 1.94 bits per heavy atom. The molecule has 0 spiro atoms. The van der Waals surface area contributed by atoms with E-state index in [1.165, 1.54) is 16.1 Å². The van der Waals surface area contributed by atoms with Crippen LogP contribution in [0.15, 0.2) is 53.4 Å². The number of nitrogens with one attached hydrogen (secondary N) is 1. The molecule has 0 heterocycles. The van der Waals surface area contributed by atoms with Gasteiger partial charge in [-0.15, -0.1) is 11.8 Å². The highest BCUT2D eigenvalue weighted by atomic mass is 35.5. The molecule has 94 valence electrons. The zero-order valence-electron chi connectivity index (χ0n) is 10.3. The molecular weight excluding hydrogens is 262 g/mol. The number of hydrogen-bond acceptors (Lipinski definition) is 2. The Morgan fingerprint density at radius 3 is 2.72 bits per heavy atom. The summed E-state index contributed by atoms with van der Waals surface area (Å²) in [4.78, 5) is 1.22. The summed E-state index contributed by atoms with van der Waals surface area (Å²) in [6, 6.07) is 16.4. The number of hydrogen-bond donors (Lipinski definition) is 1. The summed E-state index contributed by atoms with van der Waals surface area (Å²) < 4.78 is 0. The second-order valence-electron chi connectivity index (χ2n) is 4.10. The monoisotopic (exact) mass is 277 g/mol. The third-order valence-electron chi connectivity index (χ3n) is 2.51. The molecule has 0 radical (unpaired) electrons. The Balaban J connectivity index is 1.76. The summed E-state index contributed by atoms with van der Waals surface area (Å²) in [5.74, 6) is 1.02. The van der Waals surface area contributed by atoms with E-state index in [-0.39, 0.29) is 0 Å². The van der Waals surface area contributed by atoms with E-state index in [1.807, 2.05) is 30.0 Å². The van der Waals surface area contributed by atoms with Gasteiger partial charge in [0.05, 0.1) is 0 Å². The van der Waals surface area contributed by atoms with Crippen LogP contribution in [-0.2, 0) is 0 Å². The molecule has 0 atom stereocenters. The van der Waals surface area contributed by atoms with Gasteiger partial charge in [-0.05, 0) is 42.8 Å². The fourth-order valence-electron chi connectivity index (χ4n) is 1.68.